The zero-order valence-corrected chi connectivity index (χ0v) is 9.17. The third-order valence-corrected chi connectivity index (χ3v) is 3.93. The molecule has 5 heteroatoms. The summed E-state index contributed by atoms with van der Waals surface area (Å²) in [6.45, 7) is 7.51. The highest BCUT2D eigenvalue weighted by atomic mass is 31.2. The first kappa shape index (κ1) is 12.1. The van der Waals surface area contributed by atoms with Crippen molar-refractivity contribution in [3.8, 4) is 0 Å². The molecule has 12 heavy (non-hydrogen) atoms. The molecule has 0 radical (unpaired) electrons. The lowest BCUT2D eigenvalue weighted by molar-refractivity contribution is 0.149. The van der Waals surface area contributed by atoms with Crippen molar-refractivity contribution >= 4 is 7.75 Å². The highest BCUT2D eigenvalue weighted by Gasteiger charge is 2.37. The molecular weight excluding hydrogens is 177 g/mol. The predicted molar refractivity (Wildman–Crippen MR) is 48.7 cm³/mol. The van der Waals surface area contributed by atoms with Gasteiger partial charge in [0.15, 0.2) is 0 Å². The molecule has 0 heterocycles. The molecule has 2 N–H and O–H groups in total. The van der Waals surface area contributed by atoms with Gasteiger partial charge in [-0.3, -0.25) is 0 Å². The van der Waals surface area contributed by atoms with Gasteiger partial charge in [0.2, 0.25) is 0 Å². The van der Waals surface area contributed by atoms with E-state index in [1.165, 1.54) is 7.05 Å². The van der Waals surface area contributed by atoms with Crippen molar-refractivity contribution in [1.29, 1.82) is 0 Å². The zero-order valence-electron chi connectivity index (χ0n) is 8.27. The summed E-state index contributed by atoms with van der Waals surface area (Å²) in [4.78, 5) is 17.8. The van der Waals surface area contributed by atoms with Crippen LogP contribution in [0.25, 0.3) is 0 Å². The smallest absolute Gasteiger partial charge is 0.312 e. The average Bonchev–Trinajstić information content (AvgIpc) is 1.83. The molecular formula is C7H18NO3P. The molecule has 4 nitrogen and oxygen atoms in total. The Kier molecular flexibility index (Phi) is 3.49. The Morgan fingerprint density at radius 2 is 1.67 bits per heavy atom. The molecule has 0 aliphatic rings. The molecule has 0 aromatic heterocycles. The molecule has 0 amide bonds. The van der Waals surface area contributed by atoms with E-state index in [0.717, 1.165) is 4.67 Å². The monoisotopic (exact) mass is 195 g/mol. The van der Waals surface area contributed by atoms with Crippen LogP contribution in [0.5, 0.6) is 0 Å². The van der Waals surface area contributed by atoms with E-state index in [4.69, 9.17) is 9.79 Å². The molecule has 0 atom stereocenters. The van der Waals surface area contributed by atoms with Crippen LogP contribution in [0.15, 0.2) is 0 Å². The van der Waals surface area contributed by atoms with Crippen LogP contribution in [-0.4, -0.2) is 27.0 Å². The second kappa shape index (κ2) is 3.46. The molecule has 0 aliphatic heterocycles. The van der Waals surface area contributed by atoms with Crippen LogP contribution >= 0.6 is 7.75 Å². The SMILES string of the molecule is CC(C)C(C)(C)N(C)P(=O)(O)O. The molecule has 74 valence electrons. The second-order valence-electron chi connectivity index (χ2n) is 3.85. The lowest BCUT2D eigenvalue weighted by atomic mass is 9.91. The largest absolute Gasteiger partial charge is 0.403 e. The topological polar surface area (TPSA) is 60.8 Å². The normalized spacial score (nSPS) is 14.4. The van der Waals surface area contributed by atoms with E-state index < -0.39 is 13.3 Å². The van der Waals surface area contributed by atoms with E-state index in [1.807, 2.05) is 27.7 Å². The lowest BCUT2D eigenvalue weighted by Gasteiger charge is -2.38. The molecule has 0 saturated heterocycles. The Labute approximate surface area is 73.8 Å². The maximum Gasteiger partial charge on any atom is 0.403 e. The van der Waals surface area contributed by atoms with Crippen LogP contribution in [0.3, 0.4) is 0 Å². The molecule has 0 saturated carbocycles. The van der Waals surface area contributed by atoms with Gasteiger partial charge in [-0.1, -0.05) is 13.8 Å². The van der Waals surface area contributed by atoms with Crippen molar-refractivity contribution in [2.24, 2.45) is 5.92 Å². The summed E-state index contributed by atoms with van der Waals surface area (Å²) in [5.41, 5.74) is -0.487. The van der Waals surface area contributed by atoms with Crippen LogP contribution in [-0.2, 0) is 4.57 Å². The van der Waals surface area contributed by atoms with E-state index in [1.54, 1.807) is 0 Å². The van der Waals surface area contributed by atoms with Gasteiger partial charge in [-0.25, -0.2) is 9.24 Å². The van der Waals surface area contributed by atoms with Crippen molar-refractivity contribution in [2.75, 3.05) is 7.05 Å². The van der Waals surface area contributed by atoms with Gasteiger partial charge in [-0.05, 0) is 26.8 Å². The second-order valence-corrected chi connectivity index (χ2v) is 5.47. The fourth-order valence-electron chi connectivity index (χ4n) is 0.709. The first-order valence-electron chi connectivity index (χ1n) is 3.90. The molecule has 0 rings (SSSR count). The van der Waals surface area contributed by atoms with Gasteiger partial charge in [-0.2, -0.15) is 0 Å². The van der Waals surface area contributed by atoms with Gasteiger partial charge in [0, 0.05) is 5.54 Å². The summed E-state index contributed by atoms with van der Waals surface area (Å²) in [6, 6.07) is 0. The van der Waals surface area contributed by atoms with E-state index in [0.29, 0.717) is 0 Å². The van der Waals surface area contributed by atoms with Gasteiger partial charge in [0.1, 0.15) is 0 Å². The first-order chi connectivity index (χ1) is 5.10. The predicted octanol–water partition coefficient (Wildman–Crippen LogP) is 1.45. The Morgan fingerprint density at radius 3 is 1.75 bits per heavy atom. The highest BCUT2D eigenvalue weighted by Crippen LogP contribution is 2.45. The molecule has 0 fully saturated rings. The lowest BCUT2D eigenvalue weighted by Crippen LogP contribution is -2.43. The molecule has 0 spiro atoms. The number of hydrogen-bond donors (Lipinski definition) is 2. The Bertz CT molecular complexity index is 197. The summed E-state index contributed by atoms with van der Waals surface area (Å²) in [5, 5.41) is 0. The Morgan fingerprint density at radius 1 is 1.33 bits per heavy atom. The van der Waals surface area contributed by atoms with Gasteiger partial charge in [0.25, 0.3) is 0 Å². The number of nitrogens with zero attached hydrogens (tertiary/aromatic N) is 1. The van der Waals surface area contributed by atoms with Gasteiger partial charge >= 0.3 is 7.75 Å². The maximum atomic E-state index is 10.9. The van der Waals surface area contributed by atoms with Crippen molar-refractivity contribution in [3.05, 3.63) is 0 Å². The minimum atomic E-state index is -4.10. The minimum absolute atomic E-state index is 0.190. The van der Waals surface area contributed by atoms with Crippen molar-refractivity contribution in [3.63, 3.8) is 0 Å². The molecule has 0 aromatic rings. The minimum Gasteiger partial charge on any atom is -0.312 e. The quantitative estimate of drug-likeness (QED) is 0.669. The summed E-state index contributed by atoms with van der Waals surface area (Å²) >= 11 is 0. The maximum absolute atomic E-state index is 10.9. The van der Waals surface area contributed by atoms with Gasteiger partial charge < -0.3 is 9.79 Å². The first-order valence-corrected chi connectivity index (χ1v) is 5.46. The van der Waals surface area contributed by atoms with E-state index in [2.05, 4.69) is 0 Å². The van der Waals surface area contributed by atoms with Crippen molar-refractivity contribution in [2.45, 2.75) is 33.2 Å². The van der Waals surface area contributed by atoms with Gasteiger partial charge in [0.05, 0.1) is 0 Å². The Hall–Kier alpha value is 0.110. The Balaban J connectivity index is 4.69. The van der Waals surface area contributed by atoms with E-state index in [-0.39, 0.29) is 5.92 Å². The third-order valence-electron chi connectivity index (χ3n) is 2.64. The van der Waals surface area contributed by atoms with Crippen LogP contribution in [0.1, 0.15) is 27.7 Å². The van der Waals surface area contributed by atoms with E-state index >= 15 is 0 Å². The molecule has 0 unspecified atom stereocenters. The van der Waals surface area contributed by atoms with Gasteiger partial charge in [-0.15, -0.1) is 0 Å². The highest BCUT2D eigenvalue weighted by molar-refractivity contribution is 7.49. The summed E-state index contributed by atoms with van der Waals surface area (Å²) in [7, 11) is -2.65. The summed E-state index contributed by atoms with van der Waals surface area (Å²) in [5.74, 6) is 0.190. The molecule has 0 aliphatic carbocycles. The number of hydrogen-bond acceptors (Lipinski definition) is 1. The van der Waals surface area contributed by atoms with Crippen LogP contribution in [0.2, 0.25) is 0 Å². The molecule has 0 bridgehead atoms. The van der Waals surface area contributed by atoms with Crippen LogP contribution in [0.4, 0.5) is 0 Å². The van der Waals surface area contributed by atoms with E-state index in [9.17, 15) is 4.57 Å². The van der Waals surface area contributed by atoms with Crippen LogP contribution in [0, 0.1) is 5.92 Å². The van der Waals surface area contributed by atoms with Crippen LogP contribution < -0.4 is 0 Å². The zero-order chi connectivity index (χ0) is 10.2. The van der Waals surface area contributed by atoms with Crippen molar-refractivity contribution in [1.82, 2.24) is 4.67 Å². The fraction of sp³-hybridized carbons (Fsp3) is 1.00. The number of rotatable bonds is 3. The molecule has 0 aromatic carbocycles. The summed E-state index contributed by atoms with van der Waals surface area (Å²) in [6.07, 6.45) is 0. The fourth-order valence-corrected chi connectivity index (χ4v) is 1.61. The average molecular weight is 195 g/mol. The standard InChI is InChI=1S/C7H18NO3P/c1-6(2)7(3,4)8(5)12(9,10)11/h6H,1-5H3,(H2,9,10,11). The third kappa shape index (κ3) is 2.56. The summed E-state index contributed by atoms with van der Waals surface area (Å²) < 4.78 is 12.0. The van der Waals surface area contributed by atoms with Crippen molar-refractivity contribution < 1.29 is 14.4 Å².